The fourth-order valence-corrected chi connectivity index (χ4v) is 2.04. The molecule has 5 nitrogen and oxygen atoms in total. The van der Waals surface area contributed by atoms with Crippen molar-refractivity contribution in [3.05, 3.63) is 41.7 Å². The van der Waals surface area contributed by atoms with Gasteiger partial charge in [0, 0.05) is 49.7 Å². The molecule has 0 bridgehead atoms. The first kappa shape index (κ1) is 13.4. The summed E-state index contributed by atoms with van der Waals surface area (Å²) in [7, 11) is 3.83. The topological polar surface area (TPSA) is 61.5 Å². The zero-order chi connectivity index (χ0) is 14.0. The molecule has 1 unspecified atom stereocenters. The molecule has 1 atom stereocenters. The maximum Gasteiger partial charge on any atom is 0.123 e. The molecule has 2 aromatic rings. The Labute approximate surface area is 112 Å². The van der Waals surface area contributed by atoms with E-state index in [1.54, 1.807) is 23.7 Å². The predicted octanol–water partition coefficient (Wildman–Crippen LogP) is 1.82. The van der Waals surface area contributed by atoms with Gasteiger partial charge in [0.1, 0.15) is 5.75 Å². The number of phenols is 1. The maximum absolute atomic E-state index is 9.88. The summed E-state index contributed by atoms with van der Waals surface area (Å²) in [6.45, 7) is 2.34. The van der Waals surface area contributed by atoms with Gasteiger partial charge in [-0.1, -0.05) is 6.07 Å². The number of aromatic nitrogens is 2. The Morgan fingerprint density at radius 2 is 2.16 bits per heavy atom. The highest BCUT2D eigenvalue weighted by atomic mass is 16.3. The first-order chi connectivity index (χ1) is 8.97. The van der Waals surface area contributed by atoms with Gasteiger partial charge in [-0.25, -0.2) is 0 Å². The Kier molecular flexibility index (Phi) is 3.76. The van der Waals surface area contributed by atoms with Gasteiger partial charge < -0.3 is 15.1 Å². The second-order valence-electron chi connectivity index (χ2n) is 4.80. The standard InChI is InChI=1S/C14H19N3O2/c1-10(18)13-5-4-12(6-14(13)19)16(2)8-11-7-15-17(3)9-11/h4-7,9-10,18-19H,8H2,1-3H3. The van der Waals surface area contributed by atoms with Crippen molar-refractivity contribution in [3.63, 3.8) is 0 Å². The quantitative estimate of drug-likeness (QED) is 0.881. The summed E-state index contributed by atoms with van der Waals surface area (Å²) in [5.74, 6) is 0.116. The number of hydrogen-bond donors (Lipinski definition) is 2. The SMILES string of the molecule is CC(O)c1ccc(N(C)Cc2cnn(C)c2)cc1O. The molecule has 19 heavy (non-hydrogen) atoms. The molecule has 0 fully saturated rings. The highest BCUT2D eigenvalue weighted by Crippen LogP contribution is 2.29. The molecule has 2 N–H and O–H groups in total. The van der Waals surface area contributed by atoms with E-state index in [0.29, 0.717) is 12.1 Å². The van der Waals surface area contributed by atoms with Gasteiger partial charge in [-0.2, -0.15) is 5.10 Å². The molecule has 1 heterocycles. The molecule has 102 valence electrons. The van der Waals surface area contributed by atoms with E-state index in [1.807, 2.05) is 37.5 Å². The molecule has 0 aliphatic carbocycles. The Morgan fingerprint density at radius 3 is 2.68 bits per heavy atom. The molecule has 0 aliphatic rings. The second-order valence-corrected chi connectivity index (χ2v) is 4.80. The first-order valence-corrected chi connectivity index (χ1v) is 6.17. The predicted molar refractivity (Wildman–Crippen MR) is 74.1 cm³/mol. The van der Waals surface area contributed by atoms with Crippen LogP contribution < -0.4 is 4.90 Å². The van der Waals surface area contributed by atoms with Crippen molar-refractivity contribution in [1.82, 2.24) is 9.78 Å². The fourth-order valence-electron chi connectivity index (χ4n) is 2.04. The summed E-state index contributed by atoms with van der Waals surface area (Å²) in [5.41, 5.74) is 2.54. The molecule has 0 aliphatic heterocycles. The summed E-state index contributed by atoms with van der Waals surface area (Å²) in [6.07, 6.45) is 3.11. The van der Waals surface area contributed by atoms with Gasteiger partial charge in [0.05, 0.1) is 12.3 Å². The average molecular weight is 261 g/mol. The minimum absolute atomic E-state index is 0.116. The van der Waals surface area contributed by atoms with E-state index >= 15 is 0 Å². The van der Waals surface area contributed by atoms with E-state index in [9.17, 15) is 10.2 Å². The van der Waals surface area contributed by atoms with Crippen LogP contribution in [0.5, 0.6) is 5.75 Å². The number of phenolic OH excluding ortho intramolecular Hbond substituents is 1. The third kappa shape index (κ3) is 3.06. The number of aliphatic hydroxyl groups is 1. The van der Waals surface area contributed by atoms with Crippen LogP contribution in [0.2, 0.25) is 0 Å². The molecule has 0 saturated heterocycles. The highest BCUT2D eigenvalue weighted by molar-refractivity contribution is 5.53. The molecule has 2 rings (SSSR count). The zero-order valence-corrected chi connectivity index (χ0v) is 11.4. The van der Waals surface area contributed by atoms with Crippen LogP contribution in [0, 0.1) is 0 Å². The number of rotatable bonds is 4. The lowest BCUT2D eigenvalue weighted by Gasteiger charge is -2.20. The summed E-state index contributed by atoms with van der Waals surface area (Å²) in [6, 6.07) is 5.30. The second kappa shape index (κ2) is 5.32. The Balaban J connectivity index is 2.15. The summed E-state index contributed by atoms with van der Waals surface area (Å²) >= 11 is 0. The number of aryl methyl sites for hydroxylation is 1. The minimum atomic E-state index is -0.669. The number of benzene rings is 1. The maximum atomic E-state index is 9.88. The number of anilines is 1. The lowest BCUT2D eigenvalue weighted by Crippen LogP contribution is -2.16. The van der Waals surface area contributed by atoms with Crippen molar-refractivity contribution in [2.75, 3.05) is 11.9 Å². The average Bonchev–Trinajstić information content (AvgIpc) is 2.74. The van der Waals surface area contributed by atoms with Gasteiger partial charge in [-0.15, -0.1) is 0 Å². The van der Waals surface area contributed by atoms with Gasteiger partial charge in [0.2, 0.25) is 0 Å². The highest BCUT2D eigenvalue weighted by Gasteiger charge is 2.10. The van der Waals surface area contributed by atoms with Gasteiger partial charge >= 0.3 is 0 Å². The van der Waals surface area contributed by atoms with Crippen LogP contribution in [0.4, 0.5) is 5.69 Å². The molecule has 0 spiro atoms. The van der Waals surface area contributed by atoms with Crippen molar-refractivity contribution in [3.8, 4) is 5.75 Å². The fraction of sp³-hybridized carbons (Fsp3) is 0.357. The van der Waals surface area contributed by atoms with Gasteiger partial charge in [-0.05, 0) is 13.0 Å². The lowest BCUT2D eigenvalue weighted by atomic mass is 10.1. The molecular weight excluding hydrogens is 242 g/mol. The third-order valence-electron chi connectivity index (χ3n) is 3.08. The monoisotopic (exact) mass is 261 g/mol. The number of aromatic hydroxyl groups is 1. The van der Waals surface area contributed by atoms with Crippen molar-refractivity contribution in [1.29, 1.82) is 0 Å². The van der Waals surface area contributed by atoms with Crippen LogP contribution in [0.3, 0.4) is 0 Å². The van der Waals surface area contributed by atoms with Crippen LogP contribution in [0.15, 0.2) is 30.6 Å². The van der Waals surface area contributed by atoms with Crippen LogP contribution in [0.25, 0.3) is 0 Å². The molecular formula is C14H19N3O2. The summed E-state index contributed by atoms with van der Waals surface area (Å²) in [4.78, 5) is 2.02. The molecule has 0 saturated carbocycles. The largest absolute Gasteiger partial charge is 0.507 e. The molecule has 0 radical (unpaired) electrons. The lowest BCUT2D eigenvalue weighted by molar-refractivity contribution is 0.195. The van der Waals surface area contributed by atoms with Crippen LogP contribution in [-0.2, 0) is 13.6 Å². The molecule has 1 aromatic heterocycles. The molecule has 0 amide bonds. The van der Waals surface area contributed by atoms with E-state index < -0.39 is 6.10 Å². The van der Waals surface area contributed by atoms with Crippen molar-refractivity contribution in [2.45, 2.75) is 19.6 Å². The van der Waals surface area contributed by atoms with E-state index in [2.05, 4.69) is 5.10 Å². The first-order valence-electron chi connectivity index (χ1n) is 6.17. The van der Waals surface area contributed by atoms with Crippen molar-refractivity contribution >= 4 is 5.69 Å². The Morgan fingerprint density at radius 1 is 1.42 bits per heavy atom. The summed E-state index contributed by atoms with van der Waals surface area (Å²) in [5, 5.41) is 23.5. The van der Waals surface area contributed by atoms with E-state index in [1.165, 1.54) is 0 Å². The number of hydrogen-bond acceptors (Lipinski definition) is 4. The van der Waals surface area contributed by atoms with Crippen molar-refractivity contribution < 1.29 is 10.2 Å². The van der Waals surface area contributed by atoms with E-state index in [0.717, 1.165) is 11.3 Å². The number of nitrogens with zero attached hydrogens (tertiary/aromatic N) is 3. The molecule has 1 aromatic carbocycles. The van der Waals surface area contributed by atoms with Gasteiger partial charge in [0.25, 0.3) is 0 Å². The van der Waals surface area contributed by atoms with Gasteiger partial charge in [0.15, 0.2) is 0 Å². The normalized spacial score (nSPS) is 12.4. The van der Waals surface area contributed by atoms with E-state index in [-0.39, 0.29) is 5.75 Å². The van der Waals surface area contributed by atoms with E-state index in [4.69, 9.17) is 0 Å². The number of aliphatic hydroxyl groups excluding tert-OH is 1. The minimum Gasteiger partial charge on any atom is -0.507 e. The van der Waals surface area contributed by atoms with Crippen LogP contribution in [-0.4, -0.2) is 27.0 Å². The van der Waals surface area contributed by atoms with Gasteiger partial charge in [-0.3, -0.25) is 4.68 Å². The smallest absolute Gasteiger partial charge is 0.123 e. The Bertz CT molecular complexity index is 564. The third-order valence-corrected chi connectivity index (χ3v) is 3.08. The van der Waals surface area contributed by atoms with Crippen LogP contribution in [0.1, 0.15) is 24.2 Å². The summed E-state index contributed by atoms with van der Waals surface area (Å²) < 4.78 is 1.76. The van der Waals surface area contributed by atoms with Crippen LogP contribution >= 0.6 is 0 Å². The van der Waals surface area contributed by atoms with Crippen molar-refractivity contribution in [2.24, 2.45) is 7.05 Å². The molecule has 5 heteroatoms. The zero-order valence-electron chi connectivity index (χ0n) is 11.4. The Hall–Kier alpha value is -2.01.